The van der Waals surface area contributed by atoms with Crippen LogP contribution in [0, 0.1) is 0 Å². The number of halogens is 1. The van der Waals surface area contributed by atoms with Crippen LogP contribution < -0.4 is 5.32 Å². The van der Waals surface area contributed by atoms with Crippen molar-refractivity contribution in [3.8, 4) is 0 Å². The Hall–Kier alpha value is -1.55. The first-order valence-corrected chi connectivity index (χ1v) is 6.90. The van der Waals surface area contributed by atoms with Crippen LogP contribution in [0.2, 0.25) is 0 Å². The van der Waals surface area contributed by atoms with Crippen LogP contribution in [-0.4, -0.2) is 5.91 Å². The second-order valence-electron chi connectivity index (χ2n) is 3.86. The molecule has 1 N–H and O–H groups in total. The van der Waals surface area contributed by atoms with Crippen LogP contribution >= 0.6 is 15.9 Å². The summed E-state index contributed by atoms with van der Waals surface area (Å²) in [6, 6.07) is 11.2. The van der Waals surface area contributed by atoms with Crippen LogP contribution in [0.25, 0.3) is 0 Å². The SMILES string of the molecule is CCc1ccc(C(=O)Nc2ccccc2CBr)o1. The first-order valence-electron chi connectivity index (χ1n) is 5.78. The molecule has 1 heterocycles. The molecule has 0 bridgehead atoms. The lowest BCUT2D eigenvalue weighted by Gasteiger charge is -2.07. The second-order valence-corrected chi connectivity index (χ2v) is 4.43. The van der Waals surface area contributed by atoms with Crippen molar-refractivity contribution in [3.63, 3.8) is 0 Å². The quantitative estimate of drug-likeness (QED) is 0.868. The van der Waals surface area contributed by atoms with Gasteiger partial charge in [0.2, 0.25) is 0 Å². The van der Waals surface area contributed by atoms with Crippen molar-refractivity contribution in [1.82, 2.24) is 0 Å². The van der Waals surface area contributed by atoms with Crippen LogP contribution in [-0.2, 0) is 11.8 Å². The monoisotopic (exact) mass is 307 g/mol. The van der Waals surface area contributed by atoms with Crippen LogP contribution in [0.3, 0.4) is 0 Å². The molecule has 0 saturated heterocycles. The van der Waals surface area contributed by atoms with Gasteiger partial charge < -0.3 is 9.73 Å². The number of rotatable bonds is 4. The molecule has 2 aromatic rings. The third kappa shape index (κ3) is 2.82. The number of amides is 1. The number of anilines is 1. The minimum atomic E-state index is -0.219. The summed E-state index contributed by atoms with van der Waals surface area (Å²) in [5.41, 5.74) is 1.84. The number of benzene rings is 1. The van der Waals surface area contributed by atoms with E-state index >= 15 is 0 Å². The predicted molar refractivity (Wildman–Crippen MR) is 75.1 cm³/mol. The highest BCUT2D eigenvalue weighted by Crippen LogP contribution is 2.19. The zero-order chi connectivity index (χ0) is 13.0. The summed E-state index contributed by atoms with van der Waals surface area (Å²) in [4.78, 5) is 12.0. The lowest BCUT2D eigenvalue weighted by atomic mass is 10.2. The van der Waals surface area contributed by atoms with Crippen molar-refractivity contribution >= 4 is 27.5 Å². The Morgan fingerprint density at radius 2 is 2.06 bits per heavy atom. The fourth-order valence-corrected chi connectivity index (χ4v) is 2.12. The predicted octanol–water partition coefficient (Wildman–Crippen LogP) is 3.99. The van der Waals surface area contributed by atoms with Gasteiger partial charge in [-0.25, -0.2) is 0 Å². The van der Waals surface area contributed by atoms with Gasteiger partial charge in [-0.1, -0.05) is 41.1 Å². The van der Waals surface area contributed by atoms with E-state index in [9.17, 15) is 4.79 Å². The molecule has 0 fully saturated rings. The number of hydrogen-bond donors (Lipinski definition) is 1. The van der Waals surface area contributed by atoms with Gasteiger partial charge >= 0.3 is 0 Å². The smallest absolute Gasteiger partial charge is 0.291 e. The number of para-hydroxylation sites is 1. The van der Waals surface area contributed by atoms with Gasteiger partial charge in [0.25, 0.3) is 5.91 Å². The molecule has 0 aliphatic carbocycles. The summed E-state index contributed by atoms with van der Waals surface area (Å²) in [5.74, 6) is 0.938. The number of alkyl halides is 1. The van der Waals surface area contributed by atoms with Gasteiger partial charge in [-0.3, -0.25) is 4.79 Å². The summed E-state index contributed by atoms with van der Waals surface area (Å²) in [6.45, 7) is 1.99. The van der Waals surface area contributed by atoms with E-state index in [4.69, 9.17) is 4.42 Å². The molecule has 3 nitrogen and oxygen atoms in total. The number of carbonyl (C=O) groups excluding carboxylic acids is 1. The molecule has 0 radical (unpaired) electrons. The molecule has 94 valence electrons. The molecular formula is C14H14BrNO2. The van der Waals surface area contributed by atoms with Gasteiger partial charge in [-0.05, 0) is 23.8 Å². The maximum atomic E-state index is 12.0. The van der Waals surface area contributed by atoms with E-state index in [1.807, 2.05) is 37.3 Å². The van der Waals surface area contributed by atoms with Crippen LogP contribution in [0.4, 0.5) is 5.69 Å². The molecule has 1 amide bonds. The summed E-state index contributed by atoms with van der Waals surface area (Å²) >= 11 is 3.40. The minimum Gasteiger partial charge on any atom is -0.456 e. The molecule has 0 saturated carbocycles. The van der Waals surface area contributed by atoms with E-state index in [-0.39, 0.29) is 5.91 Å². The average Bonchev–Trinajstić information content (AvgIpc) is 2.88. The molecule has 0 aliphatic rings. The van der Waals surface area contributed by atoms with Crippen molar-refractivity contribution < 1.29 is 9.21 Å². The van der Waals surface area contributed by atoms with E-state index in [1.165, 1.54) is 0 Å². The molecule has 0 atom stereocenters. The fraction of sp³-hybridized carbons (Fsp3) is 0.214. The van der Waals surface area contributed by atoms with E-state index < -0.39 is 0 Å². The standard InChI is InChI=1S/C14H14BrNO2/c1-2-11-7-8-13(18-11)14(17)16-12-6-4-3-5-10(12)9-15/h3-8H,2,9H2,1H3,(H,16,17). The van der Waals surface area contributed by atoms with Crippen molar-refractivity contribution in [2.45, 2.75) is 18.7 Å². The highest BCUT2D eigenvalue weighted by Gasteiger charge is 2.12. The van der Waals surface area contributed by atoms with Gasteiger partial charge in [-0.15, -0.1) is 0 Å². The fourth-order valence-electron chi connectivity index (χ4n) is 1.63. The first-order chi connectivity index (χ1) is 8.74. The van der Waals surface area contributed by atoms with Gasteiger partial charge in [0.15, 0.2) is 5.76 Å². The Morgan fingerprint density at radius 1 is 1.28 bits per heavy atom. The van der Waals surface area contributed by atoms with E-state index in [0.29, 0.717) is 11.1 Å². The van der Waals surface area contributed by atoms with E-state index in [0.717, 1.165) is 23.4 Å². The number of nitrogens with one attached hydrogen (secondary N) is 1. The lowest BCUT2D eigenvalue weighted by molar-refractivity contribution is 0.0995. The Kier molecular flexibility index (Phi) is 4.20. The van der Waals surface area contributed by atoms with E-state index in [1.54, 1.807) is 6.07 Å². The zero-order valence-corrected chi connectivity index (χ0v) is 11.7. The molecule has 18 heavy (non-hydrogen) atoms. The third-order valence-electron chi connectivity index (χ3n) is 2.64. The molecule has 2 rings (SSSR count). The number of aryl methyl sites for hydroxylation is 1. The van der Waals surface area contributed by atoms with Gasteiger partial charge in [-0.2, -0.15) is 0 Å². The van der Waals surface area contributed by atoms with Crippen molar-refractivity contribution in [3.05, 3.63) is 53.5 Å². The molecular weight excluding hydrogens is 294 g/mol. The highest BCUT2D eigenvalue weighted by atomic mass is 79.9. The molecule has 1 aromatic carbocycles. The number of carbonyl (C=O) groups is 1. The van der Waals surface area contributed by atoms with Crippen molar-refractivity contribution in [2.24, 2.45) is 0 Å². The van der Waals surface area contributed by atoms with Gasteiger partial charge in [0.05, 0.1) is 0 Å². The maximum Gasteiger partial charge on any atom is 0.291 e. The Morgan fingerprint density at radius 3 is 2.72 bits per heavy atom. The average molecular weight is 308 g/mol. The topological polar surface area (TPSA) is 42.2 Å². The summed E-state index contributed by atoms with van der Waals surface area (Å²) in [5, 5.41) is 3.55. The Bertz CT molecular complexity index is 548. The van der Waals surface area contributed by atoms with Crippen LogP contribution in [0.1, 0.15) is 28.8 Å². The largest absolute Gasteiger partial charge is 0.456 e. The third-order valence-corrected chi connectivity index (χ3v) is 3.25. The first kappa shape index (κ1) is 12.9. The summed E-state index contributed by atoms with van der Waals surface area (Å²) in [7, 11) is 0. The Labute approximate surface area is 114 Å². The second kappa shape index (κ2) is 5.87. The normalized spacial score (nSPS) is 10.3. The zero-order valence-electron chi connectivity index (χ0n) is 10.1. The van der Waals surface area contributed by atoms with Gasteiger partial charge in [0, 0.05) is 17.4 Å². The highest BCUT2D eigenvalue weighted by molar-refractivity contribution is 9.08. The van der Waals surface area contributed by atoms with Gasteiger partial charge in [0.1, 0.15) is 5.76 Å². The van der Waals surface area contributed by atoms with Crippen LogP contribution in [0.15, 0.2) is 40.8 Å². The van der Waals surface area contributed by atoms with Crippen molar-refractivity contribution in [2.75, 3.05) is 5.32 Å². The molecule has 1 aromatic heterocycles. The molecule has 4 heteroatoms. The van der Waals surface area contributed by atoms with Crippen molar-refractivity contribution in [1.29, 1.82) is 0 Å². The molecule has 0 spiro atoms. The lowest BCUT2D eigenvalue weighted by Crippen LogP contribution is -2.12. The Balaban J connectivity index is 2.16. The van der Waals surface area contributed by atoms with E-state index in [2.05, 4.69) is 21.2 Å². The summed E-state index contributed by atoms with van der Waals surface area (Å²) in [6.07, 6.45) is 0.783. The maximum absolute atomic E-state index is 12.0. The molecule has 0 aliphatic heterocycles. The summed E-state index contributed by atoms with van der Waals surface area (Å²) < 4.78 is 5.42. The number of furan rings is 1. The molecule has 0 unspecified atom stereocenters. The van der Waals surface area contributed by atoms with Crippen LogP contribution in [0.5, 0.6) is 0 Å². The number of hydrogen-bond acceptors (Lipinski definition) is 2. The minimum absolute atomic E-state index is 0.219.